The number of rotatable bonds is 8. The average Bonchev–Trinajstić information content (AvgIpc) is 3.57. The fourth-order valence-corrected chi connectivity index (χ4v) is 8.43. The van der Waals surface area contributed by atoms with Gasteiger partial charge in [0.15, 0.2) is 0 Å². The number of pyridine rings is 3. The van der Waals surface area contributed by atoms with Gasteiger partial charge in [0.1, 0.15) is 5.58 Å². The molecule has 4 aromatic carbocycles. The number of hydrogen-bond acceptors (Lipinski definition) is 4. The van der Waals surface area contributed by atoms with Crippen LogP contribution in [0, 0.1) is 32.9 Å². The van der Waals surface area contributed by atoms with Crippen LogP contribution in [0.25, 0.3) is 67.0 Å². The molecule has 4 aromatic heterocycles. The van der Waals surface area contributed by atoms with E-state index < -0.39 is 8.07 Å². The second kappa shape index (κ2) is 17.4. The van der Waals surface area contributed by atoms with E-state index in [1.807, 2.05) is 36.7 Å². The van der Waals surface area contributed by atoms with Crippen molar-refractivity contribution in [1.82, 2.24) is 15.0 Å². The van der Waals surface area contributed by atoms with E-state index in [4.69, 9.17) is 9.40 Å². The van der Waals surface area contributed by atoms with Crippen molar-refractivity contribution in [2.45, 2.75) is 73.0 Å². The molecular weight excluding hydrogens is 879 g/mol. The normalized spacial score (nSPS) is 11.4. The van der Waals surface area contributed by atoms with Gasteiger partial charge in [-0.15, -0.1) is 47.5 Å². The molecule has 0 bridgehead atoms. The van der Waals surface area contributed by atoms with Crippen molar-refractivity contribution in [1.29, 1.82) is 0 Å². The Morgan fingerprint density at radius 3 is 2.12 bits per heavy atom. The van der Waals surface area contributed by atoms with E-state index in [2.05, 4.69) is 161 Å². The number of fused-ring (bicyclic) bond motifs is 3. The molecule has 0 saturated heterocycles. The topological polar surface area (TPSA) is 51.8 Å². The predicted molar refractivity (Wildman–Crippen MR) is 233 cm³/mol. The van der Waals surface area contributed by atoms with Gasteiger partial charge < -0.3 is 14.4 Å². The van der Waals surface area contributed by atoms with E-state index in [1.165, 1.54) is 44.1 Å². The van der Waals surface area contributed by atoms with Crippen molar-refractivity contribution in [2.24, 2.45) is 0 Å². The minimum absolute atomic E-state index is 0. The van der Waals surface area contributed by atoms with Gasteiger partial charge >= 0.3 is 0 Å². The summed E-state index contributed by atoms with van der Waals surface area (Å²) in [6, 6.07) is 44.6. The van der Waals surface area contributed by atoms with Crippen LogP contribution in [0.2, 0.25) is 19.6 Å². The Hall–Kier alpha value is -5.00. The summed E-state index contributed by atoms with van der Waals surface area (Å²) in [7, 11) is -1.30. The summed E-state index contributed by atoms with van der Waals surface area (Å²) in [5.74, 6) is 0.535. The maximum Gasteiger partial charge on any atom is 0.139 e. The monoisotopic (exact) mass is 928 g/mol. The first kappa shape index (κ1) is 40.7. The first-order chi connectivity index (χ1) is 26.5. The van der Waals surface area contributed by atoms with E-state index in [0.717, 1.165) is 63.1 Å². The molecular formula is C50H49IrN3OSi-2. The van der Waals surface area contributed by atoms with Gasteiger partial charge in [0, 0.05) is 38.1 Å². The van der Waals surface area contributed by atoms with Gasteiger partial charge in [-0.3, -0.25) is 0 Å². The molecule has 0 aliphatic heterocycles. The maximum absolute atomic E-state index is 6.31. The summed E-state index contributed by atoms with van der Waals surface area (Å²) in [5.41, 5.74) is 15.9. The Labute approximate surface area is 346 Å². The van der Waals surface area contributed by atoms with Gasteiger partial charge in [0.2, 0.25) is 0 Å². The Kier molecular flexibility index (Phi) is 12.6. The van der Waals surface area contributed by atoms with Gasteiger partial charge in [0.25, 0.3) is 0 Å². The molecule has 0 fully saturated rings. The Morgan fingerprint density at radius 2 is 1.45 bits per heavy atom. The average molecular weight is 928 g/mol. The third-order valence-electron chi connectivity index (χ3n) is 10.7. The van der Waals surface area contributed by atoms with Crippen LogP contribution in [0.4, 0.5) is 0 Å². The van der Waals surface area contributed by atoms with Crippen LogP contribution < -0.4 is 5.19 Å². The van der Waals surface area contributed by atoms with Crippen LogP contribution in [-0.4, -0.2) is 23.0 Å². The fraction of sp³-hybridized carbons (Fsp3) is 0.220. The van der Waals surface area contributed by atoms with Crippen LogP contribution in [-0.2, 0) is 20.1 Å². The van der Waals surface area contributed by atoms with Crippen molar-refractivity contribution in [2.75, 3.05) is 0 Å². The third-order valence-corrected chi connectivity index (χ3v) is 12.7. The molecule has 0 aliphatic carbocycles. The van der Waals surface area contributed by atoms with Crippen LogP contribution in [0.3, 0.4) is 0 Å². The number of aryl methyl sites for hydroxylation is 3. The van der Waals surface area contributed by atoms with Gasteiger partial charge in [0.05, 0.1) is 24.9 Å². The summed E-state index contributed by atoms with van der Waals surface area (Å²) in [5, 5.41) is 2.38. The van der Waals surface area contributed by atoms with E-state index in [-0.39, 0.29) is 20.1 Å². The first-order valence-electron chi connectivity index (χ1n) is 19.4. The number of aromatic nitrogens is 3. The summed E-state index contributed by atoms with van der Waals surface area (Å²) in [6.45, 7) is 17.9. The molecule has 0 unspecified atom stereocenters. The SMILES string of the molecule is CCC(CC)c1ccnc(-c2[c-]ccc3c2oc2ccc(-c4c(C)cccc4C)nc23)c1.Cc1c[c-]c(-c2ccc([Si](C)(C)C)cn2)cc1-c1ccccc1.[Ir]. The van der Waals surface area contributed by atoms with Gasteiger partial charge in [-0.25, -0.2) is 4.98 Å². The van der Waals surface area contributed by atoms with Gasteiger partial charge in [-0.2, -0.15) is 0 Å². The maximum atomic E-state index is 6.31. The summed E-state index contributed by atoms with van der Waals surface area (Å²) < 4.78 is 6.31. The quantitative estimate of drug-likeness (QED) is 0.113. The number of furan rings is 1. The van der Waals surface area contributed by atoms with E-state index in [1.54, 1.807) is 0 Å². The van der Waals surface area contributed by atoms with E-state index >= 15 is 0 Å². The summed E-state index contributed by atoms with van der Waals surface area (Å²) in [4.78, 5) is 14.4. The molecule has 8 rings (SSSR count). The Bertz CT molecular complexity index is 2570. The summed E-state index contributed by atoms with van der Waals surface area (Å²) >= 11 is 0. The van der Waals surface area contributed by atoms with E-state index in [0.29, 0.717) is 5.92 Å². The molecule has 0 saturated carbocycles. The third kappa shape index (κ3) is 8.54. The van der Waals surface area contributed by atoms with E-state index in [9.17, 15) is 0 Å². The predicted octanol–water partition coefficient (Wildman–Crippen LogP) is 13.1. The molecule has 4 nitrogen and oxygen atoms in total. The molecule has 0 spiro atoms. The molecule has 0 amide bonds. The minimum atomic E-state index is -1.30. The smallest absolute Gasteiger partial charge is 0.139 e. The zero-order valence-electron chi connectivity index (χ0n) is 33.6. The van der Waals surface area contributed by atoms with Crippen molar-refractivity contribution in [3.8, 4) is 44.9 Å². The molecule has 0 atom stereocenters. The standard InChI is InChI=1S/C29H27N2O.C21H22NSi.Ir/c1-5-20(6-2)21-15-16-30-25(17-21)22-11-8-12-23-28-26(32-29(22)23)14-13-24(31-28)27-18(3)9-7-10-19(27)4;1-16-10-11-18(14-20(16)17-8-6-5-7-9-17)21-13-12-19(15-22-21)23(2,3)4;/h7-10,12-17,20H,5-6H2,1-4H3;5-10,12-15H,1-4H3;/q2*-1;. The molecule has 8 aromatic rings. The zero-order chi connectivity index (χ0) is 38.7. The number of benzene rings is 4. The van der Waals surface area contributed by atoms with Gasteiger partial charge in [-0.1, -0.05) is 124 Å². The number of nitrogens with zero attached hydrogens (tertiary/aromatic N) is 3. The van der Waals surface area contributed by atoms with Crippen molar-refractivity contribution >= 4 is 35.3 Å². The van der Waals surface area contributed by atoms with Crippen LogP contribution in [0.1, 0.15) is 54.9 Å². The van der Waals surface area contributed by atoms with Gasteiger partial charge in [-0.05, 0) is 89.5 Å². The van der Waals surface area contributed by atoms with Crippen LogP contribution in [0.15, 0.2) is 126 Å². The van der Waals surface area contributed by atoms with Crippen LogP contribution in [0.5, 0.6) is 0 Å². The fourth-order valence-electron chi connectivity index (χ4n) is 7.39. The first-order valence-corrected chi connectivity index (χ1v) is 22.9. The molecule has 6 heteroatoms. The Balaban J connectivity index is 0.000000197. The van der Waals surface area contributed by atoms with Crippen molar-refractivity contribution in [3.05, 3.63) is 156 Å². The minimum Gasteiger partial charge on any atom is -0.499 e. The molecule has 285 valence electrons. The summed E-state index contributed by atoms with van der Waals surface area (Å²) in [6.07, 6.45) is 6.17. The Morgan fingerprint density at radius 1 is 0.714 bits per heavy atom. The molecule has 4 heterocycles. The largest absolute Gasteiger partial charge is 0.499 e. The molecule has 0 N–H and O–H groups in total. The van der Waals surface area contributed by atoms with Crippen molar-refractivity contribution in [3.63, 3.8) is 0 Å². The zero-order valence-corrected chi connectivity index (χ0v) is 37.0. The second-order valence-electron chi connectivity index (χ2n) is 15.5. The van der Waals surface area contributed by atoms with Crippen molar-refractivity contribution < 1.29 is 24.5 Å². The second-order valence-corrected chi connectivity index (χ2v) is 20.6. The van der Waals surface area contributed by atoms with Crippen LogP contribution >= 0.6 is 0 Å². The molecule has 1 radical (unpaired) electrons. The molecule has 56 heavy (non-hydrogen) atoms. The molecule has 0 aliphatic rings. The number of hydrogen-bond donors (Lipinski definition) is 0.